The van der Waals surface area contributed by atoms with E-state index in [0.29, 0.717) is 11.1 Å². The maximum absolute atomic E-state index is 14.5. The number of aryl methyl sites for hydroxylation is 1. The molecule has 166 valence electrons. The SMILES string of the molecule is [2H]C1C(=O)NC(=O)C([2H])(N2Cc3cc(CCC(=O)C(F)(F)c4ccc(Cl)cc4)ccc3C2=O)C1[2H]. The second kappa shape index (κ2) is 8.43. The minimum absolute atomic E-state index is 0.0413. The first-order valence-corrected chi connectivity index (χ1v) is 10.1. The van der Waals surface area contributed by atoms with Gasteiger partial charge in [0, 0.05) is 38.3 Å². The number of fused-ring (bicyclic) bond motifs is 1. The number of Topliss-reactive ketones (excluding diaryl/α,β-unsaturated/α-hetero) is 1. The van der Waals surface area contributed by atoms with Crippen LogP contribution in [0.5, 0.6) is 0 Å². The minimum Gasteiger partial charge on any atom is -0.322 e. The Kier molecular flexibility index (Phi) is 4.86. The highest BCUT2D eigenvalue weighted by Gasteiger charge is 2.41. The Labute approximate surface area is 191 Å². The van der Waals surface area contributed by atoms with E-state index < -0.39 is 60.2 Å². The zero-order chi connectivity index (χ0) is 25.7. The average molecular weight is 464 g/mol. The molecule has 6 nitrogen and oxygen atoms in total. The maximum atomic E-state index is 14.5. The first-order chi connectivity index (χ1) is 16.4. The van der Waals surface area contributed by atoms with Gasteiger partial charge in [-0.25, -0.2) is 0 Å². The molecular weight excluding hydrogens is 442 g/mol. The van der Waals surface area contributed by atoms with Gasteiger partial charge >= 0.3 is 5.92 Å². The lowest BCUT2D eigenvalue weighted by molar-refractivity contribution is -0.144. The lowest BCUT2D eigenvalue weighted by Crippen LogP contribution is -2.52. The molecule has 1 N–H and O–H groups in total. The van der Waals surface area contributed by atoms with E-state index in [-0.39, 0.29) is 23.6 Å². The fourth-order valence-electron chi connectivity index (χ4n) is 3.62. The van der Waals surface area contributed by atoms with Crippen molar-refractivity contribution in [1.82, 2.24) is 10.2 Å². The number of nitrogens with zero attached hydrogens (tertiary/aromatic N) is 1. The van der Waals surface area contributed by atoms with Gasteiger partial charge in [0.15, 0.2) is 0 Å². The smallest absolute Gasteiger partial charge is 0.322 e. The fourth-order valence-corrected chi connectivity index (χ4v) is 3.75. The van der Waals surface area contributed by atoms with Crippen LogP contribution in [0.1, 0.15) is 50.4 Å². The molecule has 0 saturated carbocycles. The van der Waals surface area contributed by atoms with E-state index in [2.05, 4.69) is 0 Å². The van der Waals surface area contributed by atoms with Gasteiger partial charge in [-0.3, -0.25) is 24.5 Å². The topological polar surface area (TPSA) is 83.6 Å². The van der Waals surface area contributed by atoms with Gasteiger partial charge in [0.1, 0.15) is 6.02 Å². The Balaban J connectivity index is 1.50. The summed E-state index contributed by atoms with van der Waals surface area (Å²) in [5.74, 6) is -7.88. The lowest BCUT2D eigenvalue weighted by Gasteiger charge is -2.29. The number of halogens is 3. The first-order valence-electron chi connectivity index (χ1n) is 11.3. The molecular formula is C23H19ClF2N2O4. The van der Waals surface area contributed by atoms with Crippen LogP contribution < -0.4 is 5.32 Å². The number of benzene rings is 2. The molecule has 0 aromatic heterocycles. The lowest BCUT2D eigenvalue weighted by atomic mass is 9.97. The molecule has 4 rings (SSSR count). The predicted molar refractivity (Wildman–Crippen MR) is 111 cm³/mol. The Morgan fingerprint density at radius 2 is 1.94 bits per heavy atom. The van der Waals surface area contributed by atoms with Gasteiger partial charge in [0.05, 0.1) is 1.37 Å². The summed E-state index contributed by atoms with van der Waals surface area (Å²) in [6.07, 6.45) is -4.07. The summed E-state index contributed by atoms with van der Waals surface area (Å²) >= 11 is 5.71. The molecule has 2 aliphatic heterocycles. The number of carbonyl (C=O) groups excluding carboxylic acids is 4. The molecule has 2 aliphatic rings. The zero-order valence-corrected chi connectivity index (χ0v) is 17.3. The molecule has 2 aromatic carbocycles. The van der Waals surface area contributed by atoms with Crippen molar-refractivity contribution in [3.05, 3.63) is 69.7 Å². The number of piperidine rings is 1. The first kappa shape index (κ1) is 18.4. The highest BCUT2D eigenvalue weighted by Crippen LogP contribution is 2.32. The summed E-state index contributed by atoms with van der Waals surface area (Å²) in [7, 11) is 0. The molecule has 0 spiro atoms. The van der Waals surface area contributed by atoms with E-state index in [0.717, 1.165) is 17.0 Å². The van der Waals surface area contributed by atoms with Crippen molar-refractivity contribution in [3.8, 4) is 0 Å². The van der Waals surface area contributed by atoms with Gasteiger partial charge in [0.2, 0.25) is 17.6 Å². The van der Waals surface area contributed by atoms with Crippen LogP contribution in [0.2, 0.25) is 5.02 Å². The van der Waals surface area contributed by atoms with Crippen LogP contribution in [0.15, 0.2) is 42.5 Å². The largest absolute Gasteiger partial charge is 0.330 e. The third kappa shape index (κ3) is 4.14. The van der Waals surface area contributed by atoms with Crippen molar-refractivity contribution in [1.29, 1.82) is 0 Å². The number of alkyl halides is 2. The molecule has 3 unspecified atom stereocenters. The summed E-state index contributed by atoms with van der Waals surface area (Å²) in [5.41, 5.74) is 0.553. The molecule has 2 aromatic rings. The second-order valence-electron chi connectivity index (χ2n) is 7.42. The van der Waals surface area contributed by atoms with Crippen LogP contribution >= 0.6 is 11.6 Å². The summed E-state index contributed by atoms with van der Waals surface area (Å²) in [5, 5.41) is 2.13. The molecule has 9 heteroatoms. The molecule has 0 aliphatic carbocycles. The van der Waals surface area contributed by atoms with Crippen molar-refractivity contribution < 1.29 is 32.1 Å². The summed E-state index contributed by atoms with van der Waals surface area (Å²) in [6.45, 7) is -0.246. The van der Waals surface area contributed by atoms with Crippen LogP contribution in [0.3, 0.4) is 0 Å². The van der Waals surface area contributed by atoms with Crippen LogP contribution in [-0.2, 0) is 33.3 Å². The fraction of sp³-hybridized carbons (Fsp3) is 0.304. The second-order valence-corrected chi connectivity index (χ2v) is 7.86. The highest BCUT2D eigenvalue weighted by molar-refractivity contribution is 6.30. The van der Waals surface area contributed by atoms with E-state index in [1.54, 1.807) is 0 Å². The molecule has 0 radical (unpaired) electrons. The third-order valence-electron chi connectivity index (χ3n) is 5.32. The molecule has 1 fully saturated rings. The van der Waals surface area contributed by atoms with E-state index >= 15 is 0 Å². The normalized spacial score (nSPS) is 26.8. The van der Waals surface area contributed by atoms with Crippen LogP contribution in [0.25, 0.3) is 0 Å². The van der Waals surface area contributed by atoms with E-state index in [1.807, 2.05) is 5.32 Å². The third-order valence-corrected chi connectivity index (χ3v) is 5.58. The van der Waals surface area contributed by atoms with Crippen molar-refractivity contribution in [2.45, 2.75) is 44.1 Å². The van der Waals surface area contributed by atoms with Crippen molar-refractivity contribution in [2.24, 2.45) is 0 Å². The van der Waals surface area contributed by atoms with Crippen molar-refractivity contribution in [2.75, 3.05) is 0 Å². The van der Waals surface area contributed by atoms with Gasteiger partial charge in [-0.05, 0) is 42.1 Å². The predicted octanol–water partition coefficient (Wildman–Crippen LogP) is 3.39. The van der Waals surface area contributed by atoms with Crippen LogP contribution in [-0.4, -0.2) is 34.4 Å². The summed E-state index contributed by atoms with van der Waals surface area (Å²) < 4.78 is 53.4. The van der Waals surface area contributed by atoms with Gasteiger partial charge < -0.3 is 4.90 Å². The Morgan fingerprint density at radius 3 is 2.66 bits per heavy atom. The van der Waals surface area contributed by atoms with Gasteiger partial charge in [0.25, 0.3) is 5.91 Å². The number of nitrogens with one attached hydrogen (secondary N) is 1. The molecule has 32 heavy (non-hydrogen) atoms. The van der Waals surface area contributed by atoms with E-state index in [4.69, 9.17) is 15.7 Å². The van der Waals surface area contributed by atoms with Crippen LogP contribution in [0.4, 0.5) is 8.78 Å². The standard InChI is InChI=1S/C23H19ClF2N2O4/c24-16-5-3-15(4-6-16)23(25,26)19(29)9-2-13-1-7-17-14(11-13)12-28(22(17)32)18-8-10-20(30)27-21(18)31/h1,3-7,11,18H,2,8-10,12H2,(H,27,30,31)/i8D,10D,18D. The summed E-state index contributed by atoms with van der Waals surface area (Å²) in [6, 6.07) is 6.63. The summed E-state index contributed by atoms with van der Waals surface area (Å²) in [4.78, 5) is 50.0. The van der Waals surface area contributed by atoms with Crippen molar-refractivity contribution in [3.63, 3.8) is 0 Å². The number of rotatable bonds is 6. The maximum Gasteiger partial charge on any atom is 0.330 e. The molecule has 3 atom stereocenters. The van der Waals surface area contributed by atoms with Gasteiger partial charge in [-0.15, -0.1) is 0 Å². The number of amides is 3. The Bertz CT molecular complexity index is 1240. The van der Waals surface area contributed by atoms with E-state index in [9.17, 15) is 28.0 Å². The zero-order valence-electron chi connectivity index (χ0n) is 19.5. The minimum atomic E-state index is -3.70. The highest BCUT2D eigenvalue weighted by atomic mass is 35.5. The molecule has 1 saturated heterocycles. The monoisotopic (exact) mass is 463 g/mol. The Morgan fingerprint density at radius 1 is 1.22 bits per heavy atom. The molecule has 0 bridgehead atoms. The van der Waals surface area contributed by atoms with Gasteiger partial charge in [-0.1, -0.05) is 35.9 Å². The van der Waals surface area contributed by atoms with Gasteiger partial charge in [-0.2, -0.15) is 8.78 Å². The molecule has 3 amide bonds. The quantitative estimate of drug-likeness (QED) is 0.665. The average Bonchev–Trinajstić information content (AvgIpc) is 3.16. The molecule has 2 heterocycles. The number of hydrogen-bond donors (Lipinski definition) is 1. The van der Waals surface area contributed by atoms with E-state index in [1.165, 1.54) is 30.3 Å². The Hall–Kier alpha value is -3.13. The number of hydrogen-bond acceptors (Lipinski definition) is 4. The number of carbonyl (C=O) groups is 4. The number of ketones is 1. The van der Waals surface area contributed by atoms with Crippen molar-refractivity contribution >= 4 is 35.1 Å². The van der Waals surface area contributed by atoms with Crippen LogP contribution in [0, 0.1) is 0 Å². The number of imide groups is 1.